The third kappa shape index (κ3) is 2.38. The Morgan fingerprint density at radius 3 is 2.62 bits per heavy atom. The molecule has 0 spiro atoms. The highest BCUT2D eigenvalue weighted by Gasteiger charge is 2.06. The van der Waals surface area contributed by atoms with Crippen molar-refractivity contribution in [3.63, 3.8) is 0 Å². The van der Waals surface area contributed by atoms with E-state index in [9.17, 15) is 5.11 Å². The van der Waals surface area contributed by atoms with Crippen LogP contribution in [0.25, 0.3) is 23.1 Å². The molecule has 0 atom stereocenters. The summed E-state index contributed by atoms with van der Waals surface area (Å²) in [4.78, 5) is 0. The van der Waals surface area contributed by atoms with Crippen molar-refractivity contribution >= 4 is 23.1 Å². The molecule has 21 heavy (non-hydrogen) atoms. The van der Waals surface area contributed by atoms with Crippen LogP contribution in [0.5, 0.6) is 11.5 Å². The lowest BCUT2D eigenvalue weighted by atomic mass is 10.1. The fourth-order valence-corrected chi connectivity index (χ4v) is 2.52. The minimum atomic E-state index is 0.212. The maximum atomic E-state index is 9.97. The summed E-state index contributed by atoms with van der Waals surface area (Å²) in [6.07, 6.45) is 3.86. The zero-order chi connectivity index (χ0) is 14.8. The summed E-state index contributed by atoms with van der Waals surface area (Å²) < 4.78 is 7.41. The van der Waals surface area contributed by atoms with Crippen LogP contribution in [0.3, 0.4) is 0 Å². The summed E-state index contributed by atoms with van der Waals surface area (Å²) in [5.41, 5.74) is 2.94. The minimum absolute atomic E-state index is 0.212. The number of hydrogen-bond donors (Lipinski definition) is 1. The molecule has 1 heterocycles. The molecule has 0 aliphatic carbocycles. The van der Waals surface area contributed by atoms with Crippen LogP contribution in [0.4, 0.5) is 0 Å². The van der Waals surface area contributed by atoms with Gasteiger partial charge in [-0.15, -0.1) is 0 Å². The van der Waals surface area contributed by atoms with Crippen LogP contribution < -0.4 is 4.74 Å². The Hall–Kier alpha value is -2.68. The largest absolute Gasteiger partial charge is 0.507 e. The standard InChI is InChI=1S/C18H17NO2/c1-19-14(12-13-6-3-4-7-16(13)19)10-11-15-17(20)8-5-9-18(15)21-2/h3-12,20H,1-2H3. The minimum Gasteiger partial charge on any atom is -0.507 e. The van der Waals surface area contributed by atoms with Crippen molar-refractivity contribution in [3.8, 4) is 11.5 Å². The zero-order valence-electron chi connectivity index (χ0n) is 12.1. The molecular weight excluding hydrogens is 262 g/mol. The first-order chi connectivity index (χ1) is 10.2. The van der Waals surface area contributed by atoms with Gasteiger partial charge in [0.15, 0.2) is 0 Å². The van der Waals surface area contributed by atoms with E-state index in [0.29, 0.717) is 11.3 Å². The molecule has 2 aromatic carbocycles. The van der Waals surface area contributed by atoms with E-state index in [0.717, 1.165) is 5.69 Å². The Balaban J connectivity index is 2.04. The van der Waals surface area contributed by atoms with E-state index in [1.165, 1.54) is 10.9 Å². The van der Waals surface area contributed by atoms with E-state index in [1.54, 1.807) is 19.2 Å². The predicted octanol–water partition coefficient (Wildman–Crippen LogP) is 4.06. The summed E-state index contributed by atoms with van der Waals surface area (Å²) in [6.45, 7) is 0. The monoisotopic (exact) mass is 279 g/mol. The SMILES string of the molecule is COc1cccc(O)c1C=Cc1cc2ccccc2n1C. The number of hydrogen-bond acceptors (Lipinski definition) is 2. The average molecular weight is 279 g/mol. The lowest BCUT2D eigenvalue weighted by Gasteiger charge is -2.06. The van der Waals surface area contributed by atoms with Gasteiger partial charge in [0, 0.05) is 23.6 Å². The maximum absolute atomic E-state index is 9.97. The molecule has 0 saturated heterocycles. The van der Waals surface area contributed by atoms with Crippen molar-refractivity contribution in [2.75, 3.05) is 7.11 Å². The van der Waals surface area contributed by atoms with Crippen molar-refractivity contribution in [3.05, 3.63) is 59.8 Å². The molecule has 0 fully saturated rings. The molecule has 0 aliphatic heterocycles. The van der Waals surface area contributed by atoms with E-state index in [1.807, 2.05) is 37.4 Å². The van der Waals surface area contributed by atoms with E-state index in [-0.39, 0.29) is 5.75 Å². The molecular formula is C18H17NO2. The molecule has 0 unspecified atom stereocenters. The number of nitrogens with zero attached hydrogens (tertiary/aromatic N) is 1. The maximum Gasteiger partial charge on any atom is 0.129 e. The molecule has 3 nitrogen and oxygen atoms in total. The van der Waals surface area contributed by atoms with Gasteiger partial charge in [0.05, 0.1) is 12.7 Å². The first-order valence-corrected chi connectivity index (χ1v) is 6.79. The molecule has 3 rings (SSSR count). The molecule has 1 aromatic heterocycles. The van der Waals surface area contributed by atoms with E-state index in [4.69, 9.17) is 4.74 Å². The van der Waals surface area contributed by atoms with Crippen LogP contribution in [0.15, 0.2) is 48.5 Å². The van der Waals surface area contributed by atoms with Gasteiger partial charge in [0.25, 0.3) is 0 Å². The highest BCUT2D eigenvalue weighted by Crippen LogP contribution is 2.29. The second-order valence-electron chi connectivity index (χ2n) is 4.91. The molecule has 106 valence electrons. The third-order valence-electron chi connectivity index (χ3n) is 3.67. The van der Waals surface area contributed by atoms with E-state index in [2.05, 4.69) is 22.8 Å². The Labute approximate surface area is 123 Å². The first-order valence-electron chi connectivity index (χ1n) is 6.79. The number of rotatable bonds is 3. The van der Waals surface area contributed by atoms with Crippen LogP contribution in [0.2, 0.25) is 0 Å². The summed E-state index contributed by atoms with van der Waals surface area (Å²) in [7, 11) is 3.63. The van der Waals surface area contributed by atoms with Crippen molar-refractivity contribution in [1.82, 2.24) is 4.57 Å². The number of ether oxygens (including phenoxy) is 1. The Morgan fingerprint density at radius 1 is 1.05 bits per heavy atom. The number of benzene rings is 2. The number of aryl methyl sites for hydroxylation is 1. The van der Waals surface area contributed by atoms with Gasteiger partial charge in [-0.05, 0) is 36.4 Å². The molecule has 0 aliphatic rings. The predicted molar refractivity (Wildman–Crippen MR) is 86.5 cm³/mol. The number of methoxy groups -OCH3 is 1. The molecule has 1 N–H and O–H groups in total. The number of aromatic hydroxyl groups is 1. The Kier molecular flexibility index (Phi) is 3.40. The third-order valence-corrected chi connectivity index (χ3v) is 3.67. The zero-order valence-corrected chi connectivity index (χ0v) is 12.1. The van der Waals surface area contributed by atoms with Gasteiger partial charge in [-0.1, -0.05) is 24.3 Å². The van der Waals surface area contributed by atoms with Crippen molar-refractivity contribution in [1.29, 1.82) is 0 Å². The summed E-state index contributed by atoms with van der Waals surface area (Å²) in [5, 5.41) is 11.2. The fraction of sp³-hybridized carbons (Fsp3) is 0.111. The summed E-state index contributed by atoms with van der Waals surface area (Å²) in [5.74, 6) is 0.870. The fourth-order valence-electron chi connectivity index (χ4n) is 2.52. The highest BCUT2D eigenvalue weighted by atomic mass is 16.5. The molecule has 0 radical (unpaired) electrons. The van der Waals surface area contributed by atoms with Crippen LogP contribution >= 0.6 is 0 Å². The number of phenols is 1. The van der Waals surface area contributed by atoms with Gasteiger partial charge in [0.2, 0.25) is 0 Å². The van der Waals surface area contributed by atoms with Crippen LogP contribution in [-0.4, -0.2) is 16.8 Å². The number of para-hydroxylation sites is 1. The number of fused-ring (bicyclic) bond motifs is 1. The van der Waals surface area contributed by atoms with Gasteiger partial charge in [-0.2, -0.15) is 0 Å². The number of aromatic nitrogens is 1. The Bertz CT molecular complexity index is 815. The second-order valence-corrected chi connectivity index (χ2v) is 4.91. The van der Waals surface area contributed by atoms with Gasteiger partial charge >= 0.3 is 0 Å². The smallest absolute Gasteiger partial charge is 0.129 e. The second kappa shape index (κ2) is 5.37. The van der Waals surface area contributed by atoms with Crippen LogP contribution in [-0.2, 0) is 7.05 Å². The quantitative estimate of drug-likeness (QED) is 0.784. The molecule has 0 amide bonds. The van der Waals surface area contributed by atoms with Crippen LogP contribution in [0.1, 0.15) is 11.3 Å². The molecule has 3 aromatic rings. The lowest BCUT2D eigenvalue weighted by molar-refractivity contribution is 0.406. The topological polar surface area (TPSA) is 34.4 Å². The lowest BCUT2D eigenvalue weighted by Crippen LogP contribution is -1.90. The first kappa shape index (κ1) is 13.3. The average Bonchev–Trinajstić information content (AvgIpc) is 2.83. The molecule has 3 heteroatoms. The number of phenolic OH excluding ortho intramolecular Hbond substituents is 1. The van der Waals surface area contributed by atoms with Crippen molar-refractivity contribution in [2.24, 2.45) is 7.05 Å². The van der Waals surface area contributed by atoms with Crippen molar-refractivity contribution in [2.45, 2.75) is 0 Å². The van der Waals surface area contributed by atoms with Crippen molar-refractivity contribution < 1.29 is 9.84 Å². The Morgan fingerprint density at radius 2 is 1.86 bits per heavy atom. The van der Waals surface area contributed by atoms with E-state index < -0.39 is 0 Å². The highest BCUT2D eigenvalue weighted by molar-refractivity contribution is 5.86. The van der Waals surface area contributed by atoms with Gasteiger partial charge in [0.1, 0.15) is 11.5 Å². The van der Waals surface area contributed by atoms with Gasteiger partial charge in [-0.25, -0.2) is 0 Å². The molecule has 0 bridgehead atoms. The van der Waals surface area contributed by atoms with Gasteiger partial charge < -0.3 is 14.4 Å². The van der Waals surface area contributed by atoms with E-state index >= 15 is 0 Å². The normalized spacial score (nSPS) is 11.3. The summed E-state index contributed by atoms with van der Waals surface area (Å²) >= 11 is 0. The summed E-state index contributed by atoms with van der Waals surface area (Å²) in [6, 6.07) is 15.6. The van der Waals surface area contributed by atoms with Gasteiger partial charge in [-0.3, -0.25) is 0 Å². The van der Waals surface area contributed by atoms with Crippen LogP contribution in [0, 0.1) is 0 Å². The molecule has 0 saturated carbocycles.